The van der Waals surface area contributed by atoms with E-state index >= 15 is 0 Å². The van der Waals surface area contributed by atoms with Crippen molar-refractivity contribution in [1.29, 1.82) is 0 Å². The van der Waals surface area contributed by atoms with Gasteiger partial charge in [0.15, 0.2) is 5.69 Å². The number of hydrogen-bond donors (Lipinski definition) is 1. The number of halogens is 2. The van der Waals surface area contributed by atoms with E-state index in [9.17, 15) is 4.79 Å². The molecule has 0 unspecified atom stereocenters. The number of carboxylic acid groups (broad SMARTS) is 1. The Labute approximate surface area is 111 Å². The predicted octanol–water partition coefficient (Wildman–Crippen LogP) is 2.69. The third-order valence-corrected chi connectivity index (χ3v) is 1.92. The van der Waals surface area contributed by atoms with Crippen LogP contribution in [0.25, 0.3) is 11.3 Å². The highest BCUT2D eigenvalue weighted by Gasteiger charge is 2.06. The number of aromatic nitrogens is 2. The minimum Gasteiger partial charge on any atom is -0.476 e. The first kappa shape index (κ1) is 15.3. The van der Waals surface area contributed by atoms with Gasteiger partial charge in [0.2, 0.25) is 0 Å². The monoisotopic (exact) mass is 272 g/mol. The molecule has 0 atom stereocenters. The zero-order valence-corrected chi connectivity index (χ0v) is 10.2. The number of rotatable bonds is 2. The van der Waals surface area contributed by atoms with Gasteiger partial charge in [-0.2, -0.15) is 0 Å². The molecule has 1 aromatic carbocycles. The fourth-order valence-corrected chi connectivity index (χ4v) is 1.22. The molecule has 0 spiro atoms. The quantitative estimate of drug-likeness (QED) is 0.913. The van der Waals surface area contributed by atoms with Crippen LogP contribution in [-0.4, -0.2) is 21.0 Å². The summed E-state index contributed by atoms with van der Waals surface area (Å²) in [5.41, 5.74) is 1.37. The summed E-state index contributed by atoms with van der Waals surface area (Å²) in [6.45, 7) is 0. The first-order valence-electron chi connectivity index (χ1n) is 4.38. The van der Waals surface area contributed by atoms with Gasteiger partial charge in [0.25, 0.3) is 0 Å². The van der Waals surface area contributed by atoms with E-state index in [0.29, 0.717) is 5.69 Å². The van der Waals surface area contributed by atoms with Gasteiger partial charge in [-0.15, -0.1) is 24.8 Å². The number of aromatic carboxylic acids is 1. The molecule has 0 aliphatic heterocycles. The van der Waals surface area contributed by atoms with E-state index in [2.05, 4.69) is 9.97 Å². The van der Waals surface area contributed by atoms with Crippen LogP contribution in [0.4, 0.5) is 0 Å². The number of carboxylic acids is 1. The maximum absolute atomic E-state index is 10.7. The van der Waals surface area contributed by atoms with Crippen molar-refractivity contribution in [3.05, 3.63) is 48.4 Å². The second-order valence-electron chi connectivity index (χ2n) is 2.96. The molecular weight excluding hydrogens is 263 g/mol. The molecule has 1 aromatic heterocycles. The summed E-state index contributed by atoms with van der Waals surface area (Å²) in [5, 5.41) is 8.75. The molecule has 0 aliphatic rings. The number of carbonyl (C=O) groups is 1. The molecule has 1 heterocycles. The Morgan fingerprint density at radius 1 is 1.06 bits per heavy atom. The van der Waals surface area contributed by atoms with Gasteiger partial charge in [-0.25, -0.2) is 9.78 Å². The highest BCUT2D eigenvalue weighted by atomic mass is 35.5. The molecule has 1 N–H and O–H groups in total. The predicted molar refractivity (Wildman–Crippen MR) is 68.9 cm³/mol. The molecule has 17 heavy (non-hydrogen) atoms. The third-order valence-electron chi connectivity index (χ3n) is 1.92. The summed E-state index contributed by atoms with van der Waals surface area (Å²) in [6.07, 6.45) is 2.77. The molecular formula is C11H10Cl2N2O2. The van der Waals surface area contributed by atoms with Crippen LogP contribution < -0.4 is 0 Å². The molecule has 0 fully saturated rings. The lowest BCUT2D eigenvalue weighted by Gasteiger charge is -2.00. The van der Waals surface area contributed by atoms with Crippen molar-refractivity contribution in [2.45, 2.75) is 0 Å². The molecule has 0 saturated heterocycles. The molecule has 6 heteroatoms. The van der Waals surface area contributed by atoms with Crippen LogP contribution in [0, 0.1) is 0 Å². The maximum Gasteiger partial charge on any atom is 0.356 e. The summed E-state index contributed by atoms with van der Waals surface area (Å²) in [4.78, 5) is 18.5. The number of nitrogens with zero attached hydrogens (tertiary/aromatic N) is 2. The maximum atomic E-state index is 10.7. The molecule has 90 valence electrons. The van der Waals surface area contributed by atoms with Gasteiger partial charge in [0.05, 0.1) is 18.1 Å². The Hall–Kier alpha value is -1.65. The lowest BCUT2D eigenvalue weighted by atomic mass is 10.2. The fraction of sp³-hybridized carbons (Fsp3) is 0. The summed E-state index contributed by atoms with van der Waals surface area (Å²) in [5.74, 6) is -1.07. The first-order chi connectivity index (χ1) is 7.27. The van der Waals surface area contributed by atoms with Crippen LogP contribution >= 0.6 is 24.8 Å². The lowest BCUT2D eigenvalue weighted by Crippen LogP contribution is -2.01. The average molecular weight is 273 g/mol. The van der Waals surface area contributed by atoms with E-state index in [1.54, 1.807) is 6.20 Å². The van der Waals surface area contributed by atoms with Gasteiger partial charge in [-0.05, 0) is 0 Å². The van der Waals surface area contributed by atoms with Crippen LogP contribution in [-0.2, 0) is 0 Å². The highest BCUT2D eigenvalue weighted by Crippen LogP contribution is 2.14. The molecule has 4 nitrogen and oxygen atoms in total. The Morgan fingerprint density at radius 3 is 2.29 bits per heavy atom. The molecule has 2 rings (SSSR count). The normalized spacial score (nSPS) is 8.71. The summed E-state index contributed by atoms with van der Waals surface area (Å²) >= 11 is 0. The Morgan fingerprint density at radius 2 is 1.71 bits per heavy atom. The van der Waals surface area contributed by atoms with E-state index in [-0.39, 0.29) is 30.5 Å². The Balaban J connectivity index is 0.00000128. The average Bonchev–Trinajstić information content (AvgIpc) is 2.30. The van der Waals surface area contributed by atoms with E-state index in [4.69, 9.17) is 5.11 Å². The van der Waals surface area contributed by atoms with Gasteiger partial charge >= 0.3 is 5.97 Å². The SMILES string of the molecule is Cl.Cl.O=C(O)c1cncc(-c2ccccc2)n1. The smallest absolute Gasteiger partial charge is 0.356 e. The number of benzene rings is 1. The van der Waals surface area contributed by atoms with Crippen LogP contribution in [0.3, 0.4) is 0 Å². The summed E-state index contributed by atoms with van der Waals surface area (Å²) in [7, 11) is 0. The molecule has 0 bridgehead atoms. The van der Waals surface area contributed by atoms with Crippen molar-refractivity contribution in [2.24, 2.45) is 0 Å². The van der Waals surface area contributed by atoms with Crippen LogP contribution in [0.15, 0.2) is 42.7 Å². The van der Waals surface area contributed by atoms with Crippen molar-refractivity contribution >= 4 is 30.8 Å². The standard InChI is InChI=1S/C11H8N2O2.2ClH/c14-11(15)10-7-12-6-9(13-10)8-4-2-1-3-5-8;;/h1-7H,(H,14,15);2*1H. The molecule has 0 aliphatic carbocycles. The fourth-order valence-electron chi connectivity index (χ4n) is 1.22. The largest absolute Gasteiger partial charge is 0.476 e. The van der Waals surface area contributed by atoms with Crippen molar-refractivity contribution < 1.29 is 9.90 Å². The van der Waals surface area contributed by atoms with Crippen LogP contribution in [0.2, 0.25) is 0 Å². The summed E-state index contributed by atoms with van der Waals surface area (Å²) in [6, 6.07) is 9.33. The van der Waals surface area contributed by atoms with E-state index in [1.165, 1.54) is 6.20 Å². The second-order valence-corrected chi connectivity index (χ2v) is 2.96. The van der Waals surface area contributed by atoms with Crippen molar-refractivity contribution in [3.8, 4) is 11.3 Å². The van der Waals surface area contributed by atoms with Crippen molar-refractivity contribution in [3.63, 3.8) is 0 Å². The summed E-state index contributed by atoms with van der Waals surface area (Å²) < 4.78 is 0. The van der Waals surface area contributed by atoms with Crippen LogP contribution in [0.5, 0.6) is 0 Å². The molecule has 0 saturated carbocycles. The zero-order valence-electron chi connectivity index (χ0n) is 8.61. The Bertz CT molecular complexity index is 492. The molecule has 2 aromatic rings. The minimum atomic E-state index is -1.07. The number of hydrogen-bond acceptors (Lipinski definition) is 3. The second kappa shape index (κ2) is 6.83. The molecule has 0 amide bonds. The van der Waals surface area contributed by atoms with Crippen molar-refractivity contribution in [1.82, 2.24) is 9.97 Å². The highest BCUT2D eigenvalue weighted by molar-refractivity contribution is 5.86. The third kappa shape index (κ3) is 3.69. The van der Waals surface area contributed by atoms with E-state index in [0.717, 1.165) is 5.56 Å². The molecule has 0 radical (unpaired) electrons. The minimum absolute atomic E-state index is 0. The van der Waals surface area contributed by atoms with E-state index < -0.39 is 5.97 Å². The van der Waals surface area contributed by atoms with Gasteiger partial charge in [0, 0.05) is 5.56 Å². The first-order valence-corrected chi connectivity index (χ1v) is 4.38. The van der Waals surface area contributed by atoms with Gasteiger partial charge in [0.1, 0.15) is 0 Å². The van der Waals surface area contributed by atoms with Crippen molar-refractivity contribution in [2.75, 3.05) is 0 Å². The zero-order chi connectivity index (χ0) is 10.7. The Kier molecular flexibility index (Phi) is 6.17. The lowest BCUT2D eigenvalue weighted by molar-refractivity contribution is 0.0690. The van der Waals surface area contributed by atoms with Crippen LogP contribution in [0.1, 0.15) is 10.5 Å². The van der Waals surface area contributed by atoms with Gasteiger partial charge < -0.3 is 5.11 Å². The van der Waals surface area contributed by atoms with E-state index in [1.807, 2.05) is 30.3 Å². The van der Waals surface area contributed by atoms with Gasteiger partial charge in [-0.3, -0.25) is 4.98 Å². The van der Waals surface area contributed by atoms with Gasteiger partial charge in [-0.1, -0.05) is 30.3 Å². The topological polar surface area (TPSA) is 63.1 Å².